The van der Waals surface area contributed by atoms with Crippen LogP contribution in [0.5, 0.6) is 17.2 Å². The molecule has 2 atom stereocenters. The molecule has 1 fully saturated rings. The maximum Gasteiger partial charge on any atom is 0.410 e. The van der Waals surface area contributed by atoms with E-state index in [1.54, 1.807) is 45.0 Å². The smallest absolute Gasteiger partial charge is 0.410 e. The van der Waals surface area contributed by atoms with Gasteiger partial charge in [0.1, 0.15) is 28.5 Å². The van der Waals surface area contributed by atoms with Gasteiger partial charge in [-0.3, -0.25) is 0 Å². The largest absolute Gasteiger partial charge is 0.493 e. The van der Waals surface area contributed by atoms with Crippen molar-refractivity contribution in [1.82, 2.24) is 14.3 Å². The molecule has 17 heteroatoms. The summed E-state index contributed by atoms with van der Waals surface area (Å²) >= 11 is 6.66. The number of halogens is 4. The van der Waals surface area contributed by atoms with Crippen LogP contribution in [-0.4, -0.2) is 68.3 Å². The van der Waals surface area contributed by atoms with Crippen LogP contribution in [-0.2, 0) is 21.3 Å². The lowest BCUT2D eigenvalue weighted by molar-refractivity contribution is 0.0110. The third-order valence-electron chi connectivity index (χ3n) is 8.10. The number of benzene rings is 3. The molecule has 0 saturated carbocycles. The maximum atomic E-state index is 15.8. The third-order valence-corrected chi connectivity index (χ3v) is 11.0. The highest BCUT2D eigenvalue weighted by Crippen LogP contribution is 2.37. The van der Waals surface area contributed by atoms with E-state index >= 15 is 8.78 Å². The van der Waals surface area contributed by atoms with E-state index in [2.05, 4.69) is 9.36 Å². The monoisotopic (exact) mass is 768 g/mol. The second-order valence-electron chi connectivity index (χ2n) is 12.7. The van der Waals surface area contributed by atoms with Crippen molar-refractivity contribution in [3.05, 3.63) is 88.5 Å². The van der Waals surface area contributed by atoms with E-state index in [0.717, 1.165) is 22.2 Å². The van der Waals surface area contributed by atoms with Crippen molar-refractivity contribution in [3.8, 4) is 17.2 Å². The first-order chi connectivity index (χ1) is 24.1. The molecule has 1 aromatic heterocycles. The van der Waals surface area contributed by atoms with Crippen LogP contribution in [0.3, 0.4) is 0 Å². The number of carbonyl (C=O) groups is 1. The second kappa shape index (κ2) is 15.5. The van der Waals surface area contributed by atoms with E-state index in [0.29, 0.717) is 47.7 Å². The van der Waals surface area contributed by atoms with Crippen molar-refractivity contribution >= 4 is 44.4 Å². The lowest BCUT2D eigenvalue weighted by Crippen LogP contribution is -2.46. The fourth-order valence-electron chi connectivity index (χ4n) is 5.69. The summed E-state index contributed by atoms with van der Waals surface area (Å²) in [5, 5.41) is -0.139. The van der Waals surface area contributed by atoms with Gasteiger partial charge in [0.05, 0.1) is 32.4 Å². The number of nitrogens with zero attached hydrogens (tertiary/aromatic N) is 4. The molecule has 1 aliphatic heterocycles. The van der Waals surface area contributed by atoms with Crippen LogP contribution in [0.1, 0.15) is 44.2 Å². The number of piperidine rings is 1. The maximum absolute atomic E-state index is 15.8. The first-order valence-corrected chi connectivity index (χ1v) is 18.3. The number of rotatable bonds is 11. The number of sulfonamides is 1. The number of aromatic nitrogens is 2. The molecule has 11 nitrogen and oxygen atoms in total. The minimum absolute atomic E-state index is 0.0567. The fraction of sp³-hybridized carbons (Fsp3) is 0.382. The van der Waals surface area contributed by atoms with Crippen LogP contribution in [0.2, 0.25) is 5.02 Å². The lowest BCUT2D eigenvalue weighted by atomic mass is 9.81. The number of carbonyl (C=O) groups excluding carboxylic acids is 1. The fourth-order valence-corrected chi connectivity index (χ4v) is 8.00. The topological polar surface area (TPSA) is 120 Å². The van der Waals surface area contributed by atoms with Gasteiger partial charge < -0.3 is 23.8 Å². The second-order valence-corrected chi connectivity index (χ2v) is 15.7. The molecule has 51 heavy (non-hydrogen) atoms. The van der Waals surface area contributed by atoms with Gasteiger partial charge >= 0.3 is 6.09 Å². The number of hydrogen-bond donors (Lipinski definition) is 0. The Labute approximate surface area is 303 Å². The third kappa shape index (κ3) is 8.79. The van der Waals surface area contributed by atoms with Crippen LogP contribution in [0, 0.1) is 23.4 Å². The zero-order chi connectivity index (χ0) is 37.1. The van der Waals surface area contributed by atoms with E-state index in [1.165, 1.54) is 31.3 Å². The summed E-state index contributed by atoms with van der Waals surface area (Å²) in [4.78, 5) is 17.4. The predicted molar refractivity (Wildman–Crippen MR) is 185 cm³/mol. The van der Waals surface area contributed by atoms with E-state index < -0.39 is 55.7 Å². The van der Waals surface area contributed by atoms with Gasteiger partial charge in [-0.25, -0.2) is 35.7 Å². The van der Waals surface area contributed by atoms with Crippen LogP contribution >= 0.6 is 23.1 Å². The summed E-state index contributed by atoms with van der Waals surface area (Å²) in [5.74, 6) is -3.72. The Morgan fingerprint density at radius 2 is 1.75 bits per heavy atom. The average Bonchev–Trinajstić information content (AvgIpc) is 3.62. The van der Waals surface area contributed by atoms with Crippen molar-refractivity contribution in [2.75, 3.05) is 38.2 Å². The van der Waals surface area contributed by atoms with Gasteiger partial charge in [-0.1, -0.05) is 23.7 Å². The molecular weight excluding hydrogens is 733 g/mol. The molecule has 0 spiro atoms. The number of hydrogen-bond acceptors (Lipinski definition) is 10. The Morgan fingerprint density at radius 3 is 2.39 bits per heavy atom. The number of likely N-dealkylation sites (tertiary alicyclic amines) is 1. The molecule has 0 unspecified atom stereocenters. The van der Waals surface area contributed by atoms with Gasteiger partial charge in [-0.2, -0.15) is 4.37 Å². The summed E-state index contributed by atoms with van der Waals surface area (Å²) in [7, 11) is -1.88. The van der Waals surface area contributed by atoms with E-state index in [1.807, 2.05) is 0 Å². The van der Waals surface area contributed by atoms with Crippen molar-refractivity contribution < 1.29 is 45.3 Å². The molecule has 274 valence electrons. The summed E-state index contributed by atoms with van der Waals surface area (Å²) < 4.78 is 100. The molecule has 0 aliphatic carbocycles. The number of anilines is 1. The zero-order valence-corrected chi connectivity index (χ0v) is 30.8. The summed E-state index contributed by atoms with van der Waals surface area (Å²) in [6.45, 7) is 5.06. The van der Waals surface area contributed by atoms with Gasteiger partial charge in [0.25, 0.3) is 10.0 Å². The molecule has 1 saturated heterocycles. The molecule has 5 rings (SSSR count). The van der Waals surface area contributed by atoms with Gasteiger partial charge in [-0.15, -0.1) is 0 Å². The SMILES string of the molecule is COc1ccc(CN(c2ncns2)S(=O)(=O)c2cc(F)c(OC[C@@H]3CN(C(=O)OC(C)(C)C)CC[C@H]3c3ccc(Cl)c(F)c3)cc2F)cc1OC. The highest BCUT2D eigenvalue weighted by atomic mass is 35.5. The number of ether oxygens (including phenoxy) is 4. The minimum Gasteiger partial charge on any atom is -0.493 e. The number of methoxy groups -OCH3 is 2. The normalized spacial score (nSPS) is 16.5. The van der Waals surface area contributed by atoms with E-state index in [4.69, 9.17) is 30.5 Å². The van der Waals surface area contributed by atoms with Crippen LogP contribution < -0.4 is 18.5 Å². The molecule has 1 aliphatic rings. The molecule has 1 amide bonds. The summed E-state index contributed by atoms with van der Waals surface area (Å²) in [6.07, 6.45) is 0.976. The Bertz CT molecular complexity index is 1980. The molecule has 0 bridgehead atoms. The Hall–Kier alpha value is -4.28. The van der Waals surface area contributed by atoms with E-state index in [-0.39, 0.29) is 35.8 Å². The summed E-state index contributed by atoms with van der Waals surface area (Å²) in [6, 6.07) is 10.3. The Morgan fingerprint density at radius 1 is 1.00 bits per heavy atom. The quantitative estimate of drug-likeness (QED) is 0.153. The van der Waals surface area contributed by atoms with Gasteiger partial charge in [0, 0.05) is 42.7 Å². The molecular formula is C34H36ClF3N4O7S2. The van der Waals surface area contributed by atoms with Gasteiger partial charge in [0.15, 0.2) is 23.1 Å². The molecule has 3 aromatic carbocycles. The number of amides is 1. The lowest BCUT2D eigenvalue weighted by Gasteiger charge is -2.39. The van der Waals surface area contributed by atoms with Crippen LogP contribution in [0.15, 0.2) is 59.8 Å². The van der Waals surface area contributed by atoms with Crippen molar-refractivity contribution in [2.45, 2.75) is 50.2 Å². The van der Waals surface area contributed by atoms with E-state index in [9.17, 15) is 17.6 Å². The van der Waals surface area contributed by atoms with Crippen molar-refractivity contribution in [3.63, 3.8) is 0 Å². The zero-order valence-electron chi connectivity index (χ0n) is 28.4. The highest BCUT2D eigenvalue weighted by Gasteiger charge is 2.36. The van der Waals surface area contributed by atoms with Gasteiger partial charge in [0.2, 0.25) is 5.13 Å². The molecule has 4 aromatic rings. The Kier molecular flexibility index (Phi) is 11.6. The molecule has 0 N–H and O–H groups in total. The predicted octanol–water partition coefficient (Wildman–Crippen LogP) is 7.44. The minimum atomic E-state index is -4.75. The standard InChI is InChI=1S/C34H36ClF3N4O7S2/c1-34(2,3)49-33(43)41-11-10-23(21-7-8-24(35)25(36)13-21)22(17-41)18-48-29-14-27(38)31(15-26(29)37)51(44,45)42(32-39-19-40-50-32)16-20-6-9-28(46-4)30(12-20)47-5/h6-9,12-15,19,22-23H,10-11,16-18H2,1-5H3/t22-,23-/m0/s1. The summed E-state index contributed by atoms with van der Waals surface area (Å²) in [5.41, 5.74) is 0.277. The Balaban J connectivity index is 1.41. The first kappa shape index (κ1) is 38.0. The first-order valence-electron chi connectivity index (χ1n) is 15.7. The highest BCUT2D eigenvalue weighted by molar-refractivity contribution is 7.93. The average molecular weight is 769 g/mol. The van der Waals surface area contributed by atoms with Crippen LogP contribution in [0.4, 0.5) is 23.1 Å². The van der Waals surface area contributed by atoms with Gasteiger partial charge in [-0.05, 0) is 68.5 Å². The molecule has 2 heterocycles. The van der Waals surface area contributed by atoms with Crippen molar-refractivity contribution in [2.24, 2.45) is 5.92 Å². The molecule has 0 radical (unpaired) electrons. The van der Waals surface area contributed by atoms with Crippen molar-refractivity contribution in [1.29, 1.82) is 0 Å². The van der Waals surface area contributed by atoms with Crippen LogP contribution in [0.25, 0.3) is 0 Å².